The fraction of sp³-hybridized carbons (Fsp3) is 0.500. The molecule has 1 fully saturated rings. The maximum atomic E-state index is 12.3. The highest BCUT2D eigenvalue weighted by Crippen LogP contribution is 2.23. The average Bonchev–Trinajstić information content (AvgIpc) is 2.65. The molecule has 6 nitrogen and oxygen atoms in total. The number of aryl methyl sites for hydroxylation is 1. The Balaban J connectivity index is 2.21. The third-order valence-corrected chi connectivity index (χ3v) is 7.39. The highest BCUT2D eigenvalue weighted by molar-refractivity contribution is 7.92. The van der Waals surface area contributed by atoms with Crippen molar-refractivity contribution in [1.29, 1.82) is 0 Å². The molecule has 0 bridgehead atoms. The van der Waals surface area contributed by atoms with Crippen LogP contribution in [0.4, 0.5) is 5.69 Å². The topological polar surface area (TPSA) is 106 Å². The maximum Gasteiger partial charge on any atom is 0.242 e. The van der Waals surface area contributed by atoms with Crippen molar-refractivity contribution >= 4 is 25.5 Å². The Kier molecular flexibility index (Phi) is 4.08. The zero-order chi connectivity index (χ0) is 15.0. The summed E-state index contributed by atoms with van der Waals surface area (Å²) in [6.07, 6.45) is 1.08. The van der Waals surface area contributed by atoms with Crippen molar-refractivity contribution in [3.05, 3.63) is 23.8 Å². The van der Waals surface area contributed by atoms with E-state index >= 15 is 0 Å². The molecule has 1 saturated heterocycles. The van der Waals surface area contributed by atoms with Gasteiger partial charge in [-0.2, -0.15) is 0 Å². The minimum atomic E-state index is -3.80. The van der Waals surface area contributed by atoms with Crippen LogP contribution in [0.3, 0.4) is 0 Å². The van der Waals surface area contributed by atoms with E-state index in [1.54, 1.807) is 19.1 Å². The first kappa shape index (κ1) is 15.3. The van der Waals surface area contributed by atoms with Crippen molar-refractivity contribution in [1.82, 2.24) is 4.72 Å². The van der Waals surface area contributed by atoms with Gasteiger partial charge in [0.15, 0.2) is 9.84 Å². The molecule has 0 radical (unpaired) electrons. The second-order valence-electron chi connectivity index (χ2n) is 4.98. The number of sulfone groups is 1. The molecule has 3 N–H and O–H groups in total. The zero-order valence-electron chi connectivity index (χ0n) is 11.2. The standard InChI is InChI=1S/C12H18N2O4S2/c1-9-4-2-6-11(13)12(9)20(17,18)14-8-10-5-3-7-19(10,15)16/h2,4,6,10,14H,3,5,7-8,13H2,1H3. The Hall–Kier alpha value is -1.12. The summed E-state index contributed by atoms with van der Waals surface area (Å²) in [5, 5.41) is -0.637. The molecule has 20 heavy (non-hydrogen) atoms. The highest BCUT2D eigenvalue weighted by atomic mass is 32.2. The molecule has 1 aromatic carbocycles. The van der Waals surface area contributed by atoms with Crippen molar-refractivity contribution in [3.8, 4) is 0 Å². The minimum absolute atomic E-state index is 0.0235. The van der Waals surface area contributed by atoms with Crippen molar-refractivity contribution in [3.63, 3.8) is 0 Å². The van der Waals surface area contributed by atoms with E-state index in [9.17, 15) is 16.8 Å². The van der Waals surface area contributed by atoms with Crippen molar-refractivity contribution < 1.29 is 16.8 Å². The number of hydrogen-bond acceptors (Lipinski definition) is 5. The van der Waals surface area contributed by atoms with Gasteiger partial charge in [0.05, 0.1) is 16.7 Å². The second kappa shape index (κ2) is 5.34. The van der Waals surface area contributed by atoms with Crippen LogP contribution in [0, 0.1) is 6.92 Å². The molecule has 0 spiro atoms. The molecule has 1 aliphatic rings. The van der Waals surface area contributed by atoms with Gasteiger partial charge in [-0.25, -0.2) is 21.6 Å². The van der Waals surface area contributed by atoms with Crippen LogP contribution in [-0.4, -0.2) is 34.4 Å². The van der Waals surface area contributed by atoms with E-state index in [2.05, 4.69) is 4.72 Å². The van der Waals surface area contributed by atoms with E-state index in [4.69, 9.17) is 5.73 Å². The molecular formula is C12H18N2O4S2. The van der Waals surface area contributed by atoms with E-state index in [-0.39, 0.29) is 22.9 Å². The molecular weight excluding hydrogens is 300 g/mol. The molecule has 1 atom stereocenters. The molecule has 0 aromatic heterocycles. The minimum Gasteiger partial charge on any atom is -0.398 e. The van der Waals surface area contributed by atoms with E-state index < -0.39 is 25.1 Å². The monoisotopic (exact) mass is 318 g/mol. The molecule has 112 valence electrons. The fourth-order valence-electron chi connectivity index (χ4n) is 2.40. The molecule has 2 rings (SSSR count). The summed E-state index contributed by atoms with van der Waals surface area (Å²) >= 11 is 0. The quantitative estimate of drug-likeness (QED) is 0.783. The van der Waals surface area contributed by atoms with Crippen LogP contribution in [0.1, 0.15) is 18.4 Å². The molecule has 1 aromatic rings. The van der Waals surface area contributed by atoms with Crippen LogP contribution >= 0.6 is 0 Å². The predicted octanol–water partition coefficient (Wildman–Crippen LogP) is 0.433. The summed E-state index contributed by atoms with van der Waals surface area (Å²) in [7, 11) is -6.97. The molecule has 0 aliphatic carbocycles. The normalized spacial score (nSPS) is 21.9. The third-order valence-electron chi connectivity index (χ3n) is 3.47. The SMILES string of the molecule is Cc1cccc(N)c1S(=O)(=O)NCC1CCCS1(=O)=O. The summed E-state index contributed by atoms with van der Waals surface area (Å²) in [5.74, 6) is 0.131. The van der Waals surface area contributed by atoms with Gasteiger partial charge in [0.2, 0.25) is 10.0 Å². The van der Waals surface area contributed by atoms with Crippen LogP contribution in [0.25, 0.3) is 0 Å². The summed E-state index contributed by atoms with van der Waals surface area (Å²) in [5.41, 5.74) is 6.40. The van der Waals surface area contributed by atoms with Crippen LogP contribution in [0.15, 0.2) is 23.1 Å². The Morgan fingerprint density at radius 1 is 1.40 bits per heavy atom. The molecule has 0 saturated carbocycles. The van der Waals surface area contributed by atoms with Crippen molar-refractivity contribution in [2.75, 3.05) is 18.0 Å². The van der Waals surface area contributed by atoms with Gasteiger partial charge in [0, 0.05) is 6.54 Å². The lowest BCUT2D eigenvalue weighted by Crippen LogP contribution is -2.35. The van der Waals surface area contributed by atoms with Gasteiger partial charge >= 0.3 is 0 Å². The Morgan fingerprint density at radius 2 is 2.10 bits per heavy atom. The number of nitrogens with two attached hydrogens (primary N) is 1. The number of rotatable bonds is 4. The van der Waals surface area contributed by atoms with E-state index in [0.717, 1.165) is 0 Å². The van der Waals surface area contributed by atoms with Gasteiger partial charge in [-0.05, 0) is 31.4 Å². The van der Waals surface area contributed by atoms with Gasteiger partial charge in [-0.15, -0.1) is 0 Å². The fourth-order valence-corrected chi connectivity index (χ4v) is 5.71. The van der Waals surface area contributed by atoms with Gasteiger partial charge in [-0.3, -0.25) is 0 Å². The van der Waals surface area contributed by atoms with E-state index in [1.807, 2.05) is 0 Å². The lowest BCUT2D eigenvalue weighted by Gasteiger charge is -2.14. The molecule has 0 amide bonds. The van der Waals surface area contributed by atoms with Crippen LogP contribution in [-0.2, 0) is 19.9 Å². The Morgan fingerprint density at radius 3 is 2.65 bits per heavy atom. The van der Waals surface area contributed by atoms with E-state index in [0.29, 0.717) is 18.4 Å². The molecule has 8 heteroatoms. The summed E-state index contributed by atoms with van der Waals surface area (Å²) in [6.45, 7) is 1.55. The predicted molar refractivity (Wildman–Crippen MR) is 77.6 cm³/mol. The van der Waals surface area contributed by atoms with Crippen LogP contribution in [0.5, 0.6) is 0 Å². The Labute approximate surface area is 119 Å². The third kappa shape index (κ3) is 2.97. The van der Waals surface area contributed by atoms with Crippen LogP contribution < -0.4 is 10.5 Å². The van der Waals surface area contributed by atoms with Crippen LogP contribution in [0.2, 0.25) is 0 Å². The number of sulfonamides is 1. The number of benzene rings is 1. The summed E-state index contributed by atoms with van der Waals surface area (Å²) in [4.78, 5) is 0.0235. The maximum absolute atomic E-state index is 12.3. The van der Waals surface area contributed by atoms with Gasteiger partial charge in [0.1, 0.15) is 4.90 Å². The number of hydrogen-bond donors (Lipinski definition) is 2. The largest absolute Gasteiger partial charge is 0.398 e. The molecule has 1 aliphatic heterocycles. The highest BCUT2D eigenvalue weighted by Gasteiger charge is 2.32. The summed E-state index contributed by atoms with van der Waals surface area (Å²) in [6, 6.07) is 4.83. The second-order valence-corrected chi connectivity index (χ2v) is 9.08. The number of nitrogens with one attached hydrogen (secondary N) is 1. The van der Waals surface area contributed by atoms with Gasteiger partial charge in [0.25, 0.3) is 0 Å². The Bertz CT molecular complexity index is 691. The first-order valence-electron chi connectivity index (χ1n) is 6.30. The first-order valence-corrected chi connectivity index (χ1v) is 9.50. The lowest BCUT2D eigenvalue weighted by molar-refractivity contribution is 0.571. The van der Waals surface area contributed by atoms with Crippen molar-refractivity contribution in [2.24, 2.45) is 0 Å². The molecule has 1 unspecified atom stereocenters. The number of anilines is 1. The lowest BCUT2D eigenvalue weighted by atomic mass is 10.2. The average molecular weight is 318 g/mol. The van der Waals surface area contributed by atoms with E-state index in [1.165, 1.54) is 6.07 Å². The smallest absolute Gasteiger partial charge is 0.242 e. The van der Waals surface area contributed by atoms with Gasteiger partial charge < -0.3 is 5.73 Å². The number of nitrogen functional groups attached to an aromatic ring is 1. The van der Waals surface area contributed by atoms with Gasteiger partial charge in [-0.1, -0.05) is 12.1 Å². The first-order chi connectivity index (χ1) is 9.24. The zero-order valence-corrected chi connectivity index (χ0v) is 12.8. The van der Waals surface area contributed by atoms with Crippen molar-refractivity contribution in [2.45, 2.75) is 29.9 Å². The molecule has 1 heterocycles. The summed E-state index contributed by atoms with van der Waals surface area (Å²) < 4.78 is 50.3.